The molecule has 3 aromatic rings. The zero-order valence-electron chi connectivity index (χ0n) is 13.6. The molecule has 26 heavy (non-hydrogen) atoms. The lowest BCUT2D eigenvalue weighted by atomic mass is 10.0. The molecule has 7 heteroatoms. The van der Waals surface area contributed by atoms with Crippen LogP contribution in [0.4, 0.5) is 5.69 Å². The first-order chi connectivity index (χ1) is 12.5. The molecule has 3 N–H and O–H groups in total. The fourth-order valence-corrected chi connectivity index (χ4v) is 3.53. The van der Waals surface area contributed by atoms with Crippen molar-refractivity contribution in [1.82, 2.24) is 0 Å². The number of carbonyl (C=O) groups excluding carboxylic acids is 1. The van der Waals surface area contributed by atoms with Crippen molar-refractivity contribution >= 4 is 46.4 Å². The van der Waals surface area contributed by atoms with Crippen molar-refractivity contribution in [3.8, 4) is 0 Å². The van der Waals surface area contributed by atoms with Gasteiger partial charge in [-0.2, -0.15) is 0 Å². The number of anilines is 1. The van der Waals surface area contributed by atoms with Crippen molar-refractivity contribution in [1.29, 1.82) is 0 Å². The van der Waals surface area contributed by atoms with E-state index in [1.807, 2.05) is 47.8 Å². The average molecular weight is 411 g/mol. The predicted molar refractivity (Wildman–Crippen MR) is 104 cm³/mol. The SMILES string of the molecule is O=C(C[NH2+][C@H](c1ccccc1)c1ccco1)Nc1c(Cl)cc(Cl)cc1Cl. The molecule has 0 radical (unpaired) electrons. The first-order valence-electron chi connectivity index (χ1n) is 7.90. The Bertz CT molecular complexity index is 860. The molecule has 1 atom stereocenters. The summed E-state index contributed by atoms with van der Waals surface area (Å²) < 4.78 is 5.53. The van der Waals surface area contributed by atoms with Gasteiger partial charge in [-0.3, -0.25) is 4.79 Å². The maximum absolute atomic E-state index is 12.4. The van der Waals surface area contributed by atoms with Crippen LogP contribution >= 0.6 is 34.8 Å². The van der Waals surface area contributed by atoms with E-state index in [4.69, 9.17) is 39.2 Å². The zero-order chi connectivity index (χ0) is 18.5. The largest absolute Gasteiger partial charge is 0.463 e. The van der Waals surface area contributed by atoms with Crippen molar-refractivity contribution in [2.45, 2.75) is 6.04 Å². The van der Waals surface area contributed by atoms with E-state index in [0.29, 0.717) is 20.8 Å². The lowest BCUT2D eigenvalue weighted by Crippen LogP contribution is -2.87. The molecule has 0 unspecified atom stereocenters. The first-order valence-corrected chi connectivity index (χ1v) is 9.04. The molecule has 0 saturated carbocycles. The van der Waals surface area contributed by atoms with Gasteiger partial charge < -0.3 is 15.1 Å². The Hall–Kier alpha value is -1.98. The number of carbonyl (C=O) groups is 1. The maximum Gasteiger partial charge on any atom is 0.279 e. The summed E-state index contributed by atoms with van der Waals surface area (Å²) in [6.07, 6.45) is 1.62. The molecule has 4 nitrogen and oxygen atoms in total. The van der Waals surface area contributed by atoms with Crippen LogP contribution < -0.4 is 10.6 Å². The Labute approximate surface area is 166 Å². The van der Waals surface area contributed by atoms with Gasteiger partial charge in [0.2, 0.25) is 0 Å². The fraction of sp³-hybridized carbons (Fsp3) is 0.105. The van der Waals surface area contributed by atoms with Crippen LogP contribution in [-0.4, -0.2) is 12.5 Å². The second kappa shape index (κ2) is 8.60. The number of benzene rings is 2. The zero-order valence-corrected chi connectivity index (χ0v) is 15.9. The highest BCUT2D eigenvalue weighted by molar-refractivity contribution is 6.42. The van der Waals surface area contributed by atoms with Gasteiger partial charge >= 0.3 is 0 Å². The van der Waals surface area contributed by atoms with E-state index in [1.54, 1.807) is 6.26 Å². The molecule has 2 aromatic carbocycles. The number of nitrogens with one attached hydrogen (secondary N) is 1. The number of furan rings is 1. The van der Waals surface area contributed by atoms with Crippen molar-refractivity contribution in [3.63, 3.8) is 0 Å². The van der Waals surface area contributed by atoms with Crippen LogP contribution in [0.2, 0.25) is 15.1 Å². The van der Waals surface area contributed by atoms with Gasteiger partial charge in [0.25, 0.3) is 5.91 Å². The Morgan fingerprint density at radius 2 is 1.73 bits per heavy atom. The molecule has 0 fully saturated rings. The summed E-state index contributed by atoms with van der Waals surface area (Å²) in [6.45, 7) is 0.162. The van der Waals surface area contributed by atoms with Gasteiger partial charge in [-0.05, 0) is 24.3 Å². The van der Waals surface area contributed by atoms with E-state index < -0.39 is 0 Å². The Morgan fingerprint density at radius 1 is 1.04 bits per heavy atom. The first kappa shape index (κ1) is 18.8. The average Bonchev–Trinajstić information content (AvgIpc) is 3.13. The smallest absolute Gasteiger partial charge is 0.279 e. The lowest BCUT2D eigenvalue weighted by molar-refractivity contribution is -0.678. The van der Waals surface area contributed by atoms with E-state index in [0.717, 1.165) is 11.3 Å². The third kappa shape index (κ3) is 4.59. The van der Waals surface area contributed by atoms with Crippen LogP contribution in [0.25, 0.3) is 0 Å². The van der Waals surface area contributed by atoms with E-state index in [-0.39, 0.29) is 18.5 Å². The van der Waals surface area contributed by atoms with Gasteiger partial charge in [-0.25, -0.2) is 0 Å². The highest BCUT2D eigenvalue weighted by Crippen LogP contribution is 2.33. The quantitative estimate of drug-likeness (QED) is 0.627. The third-order valence-corrected chi connectivity index (χ3v) is 4.63. The van der Waals surface area contributed by atoms with Crippen LogP contribution in [0.1, 0.15) is 17.4 Å². The van der Waals surface area contributed by atoms with Crippen LogP contribution in [-0.2, 0) is 4.79 Å². The van der Waals surface area contributed by atoms with E-state index in [9.17, 15) is 4.79 Å². The highest BCUT2D eigenvalue weighted by Gasteiger charge is 2.22. The van der Waals surface area contributed by atoms with Crippen molar-refractivity contribution in [2.24, 2.45) is 0 Å². The van der Waals surface area contributed by atoms with Gasteiger partial charge in [0.05, 0.1) is 22.0 Å². The summed E-state index contributed by atoms with van der Waals surface area (Å²) in [6, 6.07) is 16.5. The summed E-state index contributed by atoms with van der Waals surface area (Å²) >= 11 is 18.1. The standard InChI is InChI=1S/C19H15Cl3N2O2/c20-13-9-14(21)19(15(22)10-13)24-17(25)11-23-18(16-7-4-8-26-16)12-5-2-1-3-6-12/h1-10,18,23H,11H2,(H,24,25)/p+1/t18-/m1/s1. The van der Waals surface area contributed by atoms with Gasteiger partial charge in [0.15, 0.2) is 18.3 Å². The molecule has 0 saturated heterocycles. The molecule has 0 bridgehead atoms. The summed E-state index contributed by atoms with van der Waals surface area (Å²) in [5.74, 6) is 0.537. The van der Waals surface area contributed by atoms with Gasteiger partial charge in [-0.15, -0.1) is 0 Å². The summed E-state index contributed by atoms with van der Waals surface area (Å²) in [5.41, 5.74) is 1.39. The van der Waals surface area contributed by atoms with E-state index in [2.05, 4.69) is 5.32 Å². The Morgan fingerprint density at radius 3 is 2.35 bits per heavy atom. The monoisotopic (exact) mass is 409 g/mol. The number of halogens is 3. The molecule has 0 aliphatic carbocycles. The molecule has 3 rings (SSSR count). The van der Waals surface area contributed by atoms with E-state index in [1.165, 1.54) is 12.1 Å². The third-order valence-electron chi connectivity index (χ3n) is 3.82. The minimum Gasteiger partial charge on any atom is -0.463 e. The van der Waals surface area contributed by atoms with Crippen molar-refractivity contribution < 1.29 is 14.5 Å². The summed E-state index contributed by atoms with van der Waals surface area (Å²) in [5, 5.41) is 5.62. The molecule has 134 valence electrons. The van der Waals surface area contributed by atoms with Crippen molar-refractivity contribution in [3.05, 3.63) is 87.3 Å². The minimum absolute atomic E-state index is 0.131. The molecule has 0 aliphatic rings. The lowest BCUT2D eigenvalue weighted by Gasteiger charge is -2.14. The number of hydrogen-bond acceptors (Lipinski definition) is 2. The Balaban J connectivity index is 1.71. The molecule has 1 aromatic heterocycles. The number of amides is 1. The maximum atomic E-state index is 12.4. The van der Waals surface area contributed by atoms with Gasteiger partial charge in [-0.1, -0.05) is 65.1 Å². The van der Waals surface area contributed by atoms with Crippen LogP contribution in [0, 0.1) is 0 Å². The molecular weight excluding hydrogens is 395 g/mol. The molecule has 0 aliphatic heterocycles. The summed E-state index contributed by atoms with van der Waals surface area (Å²) in [7, 11) is 0. The van der Waals surface area contributed by atoms with Crippen LogP contribution in [0.3, 0.4) is 0 Å². The molecule has 1 amide bonds. The second-order valence-electron chi connectivity index (χ2n) is 5.64. The topological polar surface area (TPSA) is 58.9 Å². The van der Waals surface area contributed by atoms with Gasteiger partial charge in [0, 0.05) is 10.6 Å². The van der Waals surface area contributed by atoms with Crippen LogP contribution in [0.5, 0.6) is 0 Å². The minimum atomic E-state index is -0.233. The highest BCUT2D eigenvalue weighted by atomic mass is 35.5. The second-order valence-corrected chi connectivity index (χ2v) is 6.89. The normalized spacial score (nSPS) is 12.0. The van der Waals surface area contributed by atoms with Crippen molar-refractivity contribution in [2.75, 3.05) is 11.9 Å². The predicted octanol–water partition coefficient (Wildman–Crippen LogP) is 4.53. The number of hydrogen-bond donors (Lipinski definition) is 2. The number of rotatable bonds is 6. The molecular formula is C19H16Cl3N2O2+. The van der Waals surface area contributed by atoms with Crippen LogP contribution in [0.15, 0.2) is 65.3 Å². The fourth-order valence-electron chi connectivity index (χ4n) is 2.62. The molecule has 1 heterocycles. The number of quaternary nitrogens is 1. The number of nitrogens with two attached hydrogens (primary N) is 1. The molecule has 0 spiro atoms. The van der Waals surface area contributed by atoms with Gasteiger partial charge in [0.1, 0.15) is 0 Å². The van der Waals surface area contributed by atoms with E-state index >= 15 is 0 Å². The Kier molecular flexibility index (Phi) is 6.22. The summed E-state index contributed by atoms with van der Waals surface area (Å²) in [4.78, 5) is 12.4.